The highest BCUT2D eigenvalue weighted by Crippen LogP contribution is 2.44. The van der Waals surface area contributed by atoms with Gasteiger partial charge in [-0.25, -0.2) is 0 Å². The summed E-state index contributed by atoms with van der Waals surface area (Å²) in [4.78, 5) is 6.21. The summed E-state index contributed by atoms with van der Waals surface area (Å²) in [5.74, 6) is 1.94. The highest BCUT2D eigenvalue weighted by atomic mass is 16.5. The lowest BCUT2D eigenvalue weighted by Crippen LogP contribution is -2.39. The van der Waals surface area contributed by atoms with Crippen LogP contribution in [0.25, 0.3) is 10.9 Å². The first-order valence-electron chi connectivity index (χ1n) is 8.86. The lowest BCUT2D eigenvalue weighted by Gasteiger charge is -2.41. The number of benzene rings is 2. The van der Waals surface area contributed by atoms with Crippen molar-refractivity contribution in [1.29, 1.82) is 0 Å². The smallest absolute Gasteiger partial charge is 0.123 e. The van der Waals surface area contributed by atoms with Gasteiger partial charge in [0.25, 0.3) is 0 Å². The van der Waals surface area contributed by atoms with Crippen LogP contribution in [0.1, 0.15) is 28.4 Å². The zero-order valence-electron chi connectivity index (χ0n) is 14.6. The Kier molecular flexibility index (Phi) is 3.28. The van der Waals surface area contributed by atoms with E-state index in [2.05, 4.69) is 40.2 Å². The van der Waals surface area contributed by atoms with Crippen molar-refractivity contribution in [3.8, 4) is 11.5 Å². The van der Waals surface area contributed by atoms with Gasteiger partial charge in [0.15, 0.2) is 0 Å². The molecule has 1 aromatic heterocycles. The number of methoxy groups -OCH3 is 2. The molecule has 1 N–H and O–H groups in total. The minimum absolute atomic E-state index is 0.387. The van der Waals surface area contributed by atoms with Crippen LogP contribution in [0.5, 0.6) is 11.5 Å². The number of hydrogen-bond donors (Lipinski definition) is 1. The van der Waals surface area contributed by atoms with E-state index in [-0.39, 0.29) is 0 Å². The van der Waals surface area contributed by atoms with Crippen LogP contribution in [0.3, 0.4) is 0 Å². The Labute approximate surface area is 147 Å². The van der Waals surface area contributed by atoms with Gasteiger partial charge in [0.1, 0.15) is 11.5 Å². The first-order valence-corrected chi connectivity index (χ1v) is 8.86. The molecule has 3 heterocycles. The summed E-state index contributed by atoms with van der Waals surface area (Å²) in [6.45, 7) is 2.07. The molecule has 4 nitrogen and oxygen atoms in total. The van der Waals surface area contributed by atoms with Crippen LogP contribution in [-0.4, -0.2) is 30.6 Å². The summed E-state index contributed by atoms with van der Waals surface area (Å²) < 4.78 is 11.1. The fraction of sp³-hybridized carbons (Fsp3) is 0.333. The SMILES string of the molecule is COc1ccc2[nH]c3c(c2c1)C[C@H]1c2c(cccc2OC)CCN1C3. The van der Waals surface area contributed by atoms with Gasteiger partial charge in [0, 0.05) is 41.3 Å². The van der Waals surface area contributed by atoms with E-state index in [9.17, 15) is 0 Å². The predicted molar refractivity (Wildman–Crippen MR) is 98.4 cm³/mol. The molecule has 128 valence electrons. The molecule has 0 unspecified atom stereocenters. The molecule has 0 saturated carbocycles. The van der Waals surface area contributed by atoms with Crippen LogP contribution in [0.2, 0.25) is 0 Å². The molecule has 1 atom stereocenters. The van der Waals surface area contributed by atoms with Crippen LogP contribution >= 0.6 is 0 Å². The molecular formula is C21H22N2O2. The van der Waals surface area contributed by atoms with Crippen molar-refractivity contribution in [2.45, 2.75) is 25.4 Å². The predicted octanol–water partition coefficient (Wildman–Crippen LogP) is 3.84. The van der Waals surface area contributed by atoms with Gasteiger partial charge >= 0.3 is 0 Å². The second-order valence-electron chi connectivity index (χ2n) is 6.97. The van der Waals surface area contributed by atoms with Crippen LogP contribution in [0, 0.1) is 0 Å². The molecule has 5 rings (SSSR count). The molecule has 0 fully saturated rings. The van der Waals surface area contributed by atoms with Gasteiger partial charge in [-0.3, -0.25) is 4.90 Å². The normalized spacial score (nSPS) is 19.2. The number of hydrogen-bond acceptors (Lipinski definition) is 3. The van der Waals surface area contributed by atoms with E-state index in [4.69, 9.17) is 9.47 Å². The molecule has 2 aliphatic heterocycles. The highest BCUT2D eigenvalue weighted by molar-refractivity contribution is 5.86. The van der Waals surface area contributed by atoms with Crippen molar-refractivity contribution in [1.82, 2.24) is 9.88 Å². The number of rotatable bonds is 2. The molecule has 0 amide bonds. The Morgan fingerprint density at radius 1 is 1.12 bits per heavy atom. The third-order valence-corrected chi connectivity index (χ3v) is 5.78. The van der Waals surface area contributed by atoms with Crippen molar-refractivity contribution >= 4 is 10.9 Å². The van der Waals surface area contributed by atoms with Crippen molar-refractivity contribution < 1.29 is 9.47 Å². The number of fused-ring (bicyclic) bond motifs is 6. The van der Waals surface area contributed by atoms with Gasteiger partial charge in [0.05, 0.1) is 14.2 Å². The summed E-state index contributed by atoms with van der Waals surface area (Å²) in [5.41, 5.74) is 6.78. The molecule has 2 aliphatic rings. The number of aromatic amines is 1. The number of ether oxygens (including phenoxy) is 2. The maximum absolute atomic E-state index is 5.70. The van der Waals surface area contributed by atoms with E-state index in [0.717, 1.165) is 37.4 Å². The number of aromatic nitrogens is 1. The maximum atomic E-state index is 5.70. The molecule has 0 radical (unpaired) electrons. The van der Waals surface area contributed by atoms with E-state index in [1.807, 2.05) is 6.07 Å². The molecular weight excluding hydrogens is 312 g/mol. The van der Waals surface area contributed by atoms with Gasteiger partial charge in [-0.15, -0.1) is 0 Å². The Balaban J connectivity index is 1.65. The first-order chi connectivity index (χ1) is 12.3. The van der Waals surface area contributed by atoms with Gasteiger partial charge in [-0.1, -0.05) is 12.1 Å². The lowest BCUT2D eigenvalue weighted by molar-refractivity contribution is 0.156. The van der Waals surface area contributed by atoms with Crippen LogP contribution in [0.15, 0.2) is 36.4 Å². The summed E-state index contributed by atoms with van der Waals surface area (Å²) in [5, 5.41) is 1.29. The third-order valence-electron chi connectivity index (χ3n) is 5.78. The summed E-state index contributed by atoms with van der Waals surface area (Å²) in [6.07, 6.45) is 2.10. The Morgan fingerprint density at radius 2 is 2.04 bits per heavy atom. The van der Waals surface area contributed by atoms with E-state index in [0.29, 0.717) is 6.04 Å². The molecule has 0 bridgehead atoms. The van der Waals surface area contributed by atoms with Gasteiger partial charge in [-0.05, 0) is 48.2 Å². The van der Waals surface area contributed by atoms with E-state index < -0.39 is 0 Å². The van der Waals surface area contributed by atoms with Crippen LogP contribution in [0.4, 0.5) is 0 Å². The summed E-state index contributed by atoms with van der Waals surface area (Å²) in [6, 6.07) is 13.2. The van der Waals surface area contributed by atoms with E-state index in [1.165, 1.54) is 33.3 Å². The van der Waals surface area contributed by atoms with Gasteiger partial charge in [-0.2, -0.15) is 0 Å². The average Bonchev–Trinajstić information content (AvgIpc) is 3.02. The molecule has 0 saturated heterocycles. The molecule has 25 heavy (non-hydrogen) atoms. The summed E-state index contributed by atoms with van der Waals surface area (Å²) in [7, 11) is 3.50. The number of nitrogens with one attached hydrogen (secondary N) is 1. The maximum Gasteiger partial charge on any atom is 0.123 e. The van der Waals surface area contributed by atoms with Gasteiger partial charge in [0.2, 0.25) is 0 Å². The Bertz CT molecular complexity index is 946. The second-order valence-corrected chi connectivity index (χ2v) is 6.97. The van der Waals surface area contributed by atoms with Crippen molar-refractivity contribution in [3.63, 3.8) is 0 Å². The zero-order chi connectivity index (χ0) is 17.0. The molecule has 0 aliphatic carbocycles. The monoisotopic (exact) mass is 334 g/mol. The Morgan fingerprint density at radius 3 is 2.88 bits per heavy atom. The van der Waals surface area contributed by atoms with Crippen molar-refractivity contribution in [2.75, 3.05) is 20.8 Å². The Hall–Kier alpha value is -2.46. The molecule has 3 aromatic rings. The minimum atomic E-state index is 0.387. The first kappa shape index (κ1) is 14.8. The van der Waals surface area contributed by atoms with Crippen molar-refractivity contribution in [3.05, 3.63) is 58.8 Å². The molecule has 4 heteroatoms. The molecule has 0 spiro atoms. The van der Waals surface area contributed by atoms with E-state index >= 15 is 0 Å². The van der Waals surface area contributed by atoms with Gasteiger partial charge < -0.3 is 14.5 Å². The summed E-state index contributed by atoms with van der Waals surface area (Å²) >= 11 is 0. The standard InChI is InChI=1S/C21H22N2O2/c1-24-14-6-7-17-15(10-14)16-11-19-21-13(4-3-5-20(21)25-2)8-9-23(19)12-18(16)22-17/h3-7,10,19,22H,8-9,11-12H2,1-2H3/t19-/m0/s1. The van der Waals surface area contributed by atoms with Crippen molar-refractivity contribution in [2.24, 2.45) is 0 Å². The minimum Gasteiger partial charge on any atom is -0.497 e. The van der Waals surface area contributed by atoms with E-state index in [1.54, 1.807) is 14.2 Å². The number of nitrogens with zero attached hydrogens (tertiary/aromatic N) is 1. The fourth-order valence-corrected chi connectivity index (χ4v) is 4.56. The van der Waals surface area contributed by atoms with Crippen LogP contribution < -0.4 is 9.47 Å². The zero-order valence-corrected chi connectivity index (χ0v) is 14.6. The second kappa shape index (κ2) is 5.53. The lowest BCUT2D eigenvalue weighted by atomic mass is 9.84. The average molecular weight is 334 g/mol. The largest absolute Gasteiger partial charge is 0.497 e. The van der Waals surface area contributed by atoms with Crippen LogP contribution in [-0.2, 0) is 19.4 Å². The highest BCUT2D eigenvalue weighted by Gasteiger charge is 2.35. The fourth-order valence-electron chi connectivity index (χ4n) is 4.56. The topological polar surface area (TPSA) is 37.5 Å². The number of H-pyrrole nitrogens is 1. The third kappa shape index (κ3) is 2.17. The molecule has 2 aromatic carbocycles. The quantitative estimate of drug-likeness (QED) is 0.774.